The topological polar surface area (TPSA) is 37.3 Å². The third-order valence-electron chi connectivity index (χ3n) is 2.55. The maximum atomic E-state index is 13.3. The van der Waals surface area contributed by atoms with Crippen molar-refractivity contribution in [1.29, 1.82) is 0 Å². The van der Waals surface area contributed by atoms with E-state index in [2.05, 4.69) is 0 Å². The van der Waals surface area contributed by atoms with Crippen molar-refractivity contribution in [2.45, 2.75) is 18.9 Å². The van der Waals surface area contributed by atoms with Crippen LogP contribution in [0.5, 0.6) is 0 Å². The van der Waals surface area contributed by atoms with E-state index in [9.17, 15) is 14.3 Å². The molecular weight excluding hydrogens is 219 g/mol. The summed E-state index contributed by atoms with van der Waals surface area (Å²) in [4.78, 5) is 11.7. The van der Waals surface area contributed by atoms with Crippen LogP contribution in [0.2, 0.25) is 5.02 Å². The maximum Gasteiger partial charge on any atom is 0.195 e. The fraction of sp³-hybridized carbons (Fsp3) is 0.364. The quantitative estimate of drug-likeness (QED) is 0.807. The van der Waals surface area contributed by atoms with Crippen LogP contribution in [-0.2, 0) is 0 Å². The number of aliphatic hydroxyl groups excluding tert-OH is 1. The summed E-state index contributed by atoms with van der Waals surface area (Å²) >= 11 is 5.72. The van der Waals surface area contributed by atoms with Crippen molar-refractivity contribution >= 4 is 17.4 Å². The number of carbonyl (C=O) groups excluding carboxylic acids is 1. The van der Waals surface area contributed by atoms with Gasteiger partial charge in [-0.15, -0.1) is 0 Å². The molecule has 1 unspecified atom stereocenters. The van der Waals surface area contributed by atoms with Gasteiger partial charge in [-0.2, -0.15) is 0 Å². The molecule has 1 atom stereocenters. The molecule has 1 aliphatic rings. The largest absolute Gasteiger partial charge is 0.385 e. The Morgan fingerprint density at radius 1 is 1.53 bits per heavy atom. The summed E-state index contributed by atoms with van der Waals surface area (Å²) in [6, 6.07) is 4.04. The third-order valence-corrected chi connectivity index (χ3v) is 2.86. The molecule has 1 aromatic carbocycles. The van der Waals surface area contributed by atoms with E-state index in [4.69, 9.17) is 11.6 Å². The lowest BCUT2D eigenvalue weighted by Crippen LogP contribution is -2.23. The molecule has 1 aliphatic carbocycles. The molecule has 0 heterocycles. The second kappa shape index (κ2) is 3.91. The predicted molar refractivity (Wildman–Crippen MR) is 54.5 cm³/mol. The minimum Gasteiger partial charge on any atom is -0.385 e. The van der Waals surface area contributed by atoms with Crippen LogP contribution in [0, 0.1) is 11.7 Å². The predicted octanol–water partition coefficient (Wildman–Crippen LogP) is 2.43. The molecule has 1 N–H and O–H groups in total. The molecule has 0 spiro atoms. The van der Waals surface area contributed by atoms with Crippen molar-refractivity contribution in [2.24, 2.45) is 5.92 Å². The highest BCUT2D eigenvalue weighted by Gasteiger charge is 2.36. The molecular formula is C11H10ClFO2. The van der Waals surface area contributed by atoms with Gasteiger partial charge in [-0.1, -0.05) is 17.7 Å². The second-order valence-electron chi connectivity index (χ2n) is 3.74. The number of Topliss-reactive ketones (excluding diaryl/α,β-unsaturated/α-hetero) is 1. The fourth-order valence-electron chi connectivity index (χ4n) is 1.51. The highest BCUT2D eigenvalue weighted by atomic mass is 35.5. The first-order valence-electron chi connectivity index (χ1n) is 4.77. The normalized spacial score (nSPS) is 17.5. The Labute approximate surface area is 91.7 Å². The molecule has 0 aliphatic heterocycles. The lowest BCUT2D eigenvalue weighted by Gasteiger charge is -2.09. The van der Waals surface area contributed by atoms with Crippen molar-refractivity contribution in [3.05, 3.63) is 34.6 Å². The number of carbonyl (C=O) groups is 1. The molecule has 1 aromatic rings. The maximum absolute atomic E-state index is 13.3. The average Bonchev–Trinajstić information content (AvgIpc) is 2.99. The van der Waals surface area contributed by atoms with Gasteiger partial charge in [0.05, 0.1) is 10.6 Å². The fourth-order valence-corrected chi connectivity index (χ4v) is 1.76. The minimum atomic E-state index is -1.11. The Hall–Kier alpha value is -0.930. The van der Waals surface area contributed by atoms with Crippen LogP contribution in [-0.4, -0.2) is 17.0 Å². The van der Waals surface area contributed by atoms with E-state index in [1.807, 2.05) is 0 Å². The Bertz CT molecular complexity index is 381. The first-order valence-corrected chi connectivity index (χ1v) is 5.15. The van der Waals surface area contributed by atoms with Gasteiger partial charge in [0.2, 0.25) is 0 Å². The molecule has 15 heavy (non-hydrogen) atoms. The van der Waals surface area contributed by atoms with E-state index in [1.165, 1.54) is 18.2 Å². The zero-order valence-corrected chi connectivity index (χ0v) is 8.67. The molecule has 0 amide bonds. The lowest BCUT2D eigenvalue weighted by atomic mass is 10.0. The Morgan fingerprint density at radius 3 is 2.73 bits per heavy atom. The Balaban J connectivity index is 2.31. The number of aliphatic hydroxyl groups is 1. The molecule has 4 heteroatoms. The van der Waals surface area contributed by atoms with Crippen molar-refractivity contribution in [1.82, 2.24) is 0 Å². The van der Waals surface area contributed by atoms with Crippen LogP contribution in [0.25, 0.3) is 0 Å². The Morgan fingerprint density at radius 2 is 2.20 bits per heavy atom. The molecule has 0 bridgehead atoms. The zero-order valence-electron chi connectivity index (χ0n) is 7.91. The highest BCUT2D eigenvalue weighted by molar-refractivity contribution is 6.34. The number of benzene rings is 1. The highest BCUT2D eigenvalue weighted by Crippen LogP contribution is 2.35. The Kier molecular flexibility index (Phi) is 2.76. The summed E-state index contributed by atoms with van der Waals surface area (Å²) in [5.74, 6) is -1.30. The summed E-state index contributed by atoms with van der Waals surface area (Å²) in [5.41, 5.74) is -0.196. The average molecular weight is 229 g/mol. The first kappa shape index (κ1) is 10.6. The van der Waals surface area contributed by atoms with E-state index in [0.717, 1.165) is 12.8 Å². The van der Waals surface area contributed by atoms with Crippen LogP contribution >= 0.6 is 11.6 Å². The molecule has 0 radical (unpaired) electrons. The summed E-state index contributed by atoms with van der Waals surface area (Å²) in [5, 5.41) is 9.64. The van der Waals surface area contributed by atoms with Gasteiger partial charge in [-0.25, -0.2) is 4.39 Å². The smallest absolute Gasteiger partial charge is 0.195 e. The SMILES string of the molecule is O=C(c1c(F)cccc1Cl)C(O)C1CC1. The van der Waals surface area contributed by atoms with E-state index in [-0.39, 0.29) is 16.5 Å². The van der Waals surface area contributed by atoms with Gasteiger partial charge in [0.15, 0.2) is 5.78 Å². The standard InChI is InChI=1S/C11H10ClFO2/c12-7-2-1-3-8(13)9(7)11(15)10(14)6-4-5-6/h1-3,6,10,14H,4-5H2. The number of ketones is 1. The van der Waals surface area contributed by atoms with Crippen molar-refractivity contribution in [2.75, 3.05) is 0 Å². The van der Waals surface area contributed by atoms with Gasteiger partial charge in [-0.05, 0) is 30.9 Å². The summed E-state index contributed by atoms with van der Waals surface area (Å²) in [7, 11) is 0. The van der Waals surface area contributed by atoms with Crippen molar-refractivity contribution in [3.63, 3.8) is 0 Å². The molecule has 0 saturated heterocycles. The number of halogens is 2. The van der Waals surface area contributed by atoms with Gasteiger partial charge >= 0.3 is 0 Å². The van der Waals surface area contributed by atoms with Crippen LogP contribution in [0.4, 0.5) is 4.39 Å². The van der Waals surface area contributed by atoms with Crippen molar-refractivity contribution in [3.8, 4) is 0 Å². The zero-order chi connectivity index (χ0) is 11.0. The van der Waals surface area contributed by atoms with Gasteiger partial charge in [0.1, 0.15) is 11.9 Å². The van der Waals surface area contributed by atoms with Crippen molar-refractivity contribution < 1.29 is 14.3 Å². The summed E-state index contributed by atoms with van der Waals surface area (Å²) in [6.07, 6.45) is 0.525. The van der Waals surface area contributed by atoms with Crippen LogP contribution in [0.15, 0.2) is 18.2 Å². The molecule has 2 nitrogen and oxygen atoms in total. The van der Waals surface area contributed by atoms with E-state index in [0.29, 0.717) is 0 Å². The van der Waals surface area contributed by atoms with Gasteiger partial charge in [-0.3, -0.25) is 4.79 Å². The summed E-state index contributed by atoms with van der Waals surface area (Å²) in [6.45, 7) is 0. The molecule has 0 aromatic heterocycles. The minimum absolute atomic E-state index is 0.0202. The van der Waals surface area contributed by atoms with Crippen LogP contribution in [0.1, 0.15) is 23.2 Å². The summed E-state index contributed by atoms with van der Waals surface area (Å²) < 4.78 is 13.3. The lowest BCUT2D eigenvalue weighted by molar-refractivity contribution is 0.0699. The van der Waals surface area contributed by atoms with E-state index < -0.39 is 17.7 Å². The van der Waals surface area contributed by atoms with Gasteiger partial charge in [0, 0.05) is 0 Å². The van der Waals surface area contributed by atoms with E-state index in [1.54, 1.807) is 0 Å². The third kappa shape index (κ3) is 2.03. The van der Waals surface area contributed by atoms with Crippen LogP contribution in [0.3, 0.4) is 0 Å². The number of rotatable bonds is 3. The van der Waals surface area contributed by atoms with Gasteiger partial charge < -0.3 is 5.11 Å². The van der Waals surface area contributed by atoms with E-state index >= 15 is 0 Å². The number of hydrogen-bond acceptors (Lipinski definition) is 2. The van der Waals surface area contributed by atoms with Gasteiger partial charge in [0.25, 0.3) is 0 Å². The molecule has 2 rings (SSSR count). The second-order valence-corrected chi connectivity index (χ2v) is 4.15. The molecule has 1 fully saturated rings. The molecule has 80 valence electrons. The molecule has 1 saturated carbocycles. The van der Waals surface area contributed by atoms with Crippen LogP contribution < -0.4 is 0 Å². The monoisotopic (exact) mass is 228 g/mol. The number of hydrogen-bond donors (Lipinski definition) is 1. The first-order chi connectivity index (χ1) is 7.11.